The smallest absolute Gasteiger partial charge is 0.221 e. The maximum atomic E-state index is 5.56. The zero-order valence-corrected chi connectivity index (χ0v) is 9.57. The third-order valence-corrected chi connectivity index (χ3v) is 2.06. The van der Waals surface area contributed by atoms with E-state index in [0.717, 1.165) is 12.4 Å². The van der Waals surface area contributed by atoms with Crippen molar-refractivity contribution in [2.24, 2.45) is 0 Å². The summed E-state index contributed by atoms with van der Waals surface area (Å²) in [7, 11) is 0. The molecule has 0 unspecified atom stereocenters. The Bertz CT molecular complexity index is 341. The highest BCUT2D eigenvalue weighted by Crippen LogP contribution is 2.21. The minimum absolute atomic E-state index is 0.0189. The summed E-state index contributed by atoms with van der Waals surface area (Å²) in [5, 5.41) is 0. The number of hydrogen-bond donors (Lipinski definition) is 1. The first-order valence-electron chi connectivity index (χ1n) is 4.92. The average Bonchev–Trinajstić information content (AvgIpc) is 2.12. The Kier molecular flexibility index (Phi) is 3.29. The average molecular weight is 206 g/mol. The highest BCUT2D eigenvalue weighted by Gasteiger charge is 2.21. The first-order valence-corrected chi connectivity index (χ1v) is 4.92. The van der Waals surface area contributed by atoms with Crippen LogP contribution in [0.2, 0.25) is 0 Å². The van der Waals surface area contributed by atoms with E-state index in [1.54, 1.807) is 6.20 Å². The molecule has 1 aromatic rings. The predicted octanol–water partition coefficient (Wildman–Crippen LogP) is 1.85. The van der Waals surface area contributed by atoms with Gasteiger partial charge in [0.05, 0.1) is 0 Å². The van der Waals surface area contributed by atoms with Crippen molar-refractivity contribution in [1.29, 1.82) is 0 Å². The monoisotopic (exact) mass is 206 g/mol. The van der Waals surface area contributed by atoms with Crippen molar-refractivity contribution in [2.45, 2.75) is 26.3 Å². The number of hydrogen-bond acceptors (Lipinski definition) is 4. The second-order valence-electron chi connectivity index (χ2n) is 4.34. The van der Waals surface area contributed by atoms with Crippen LogP contribution in [0.15, 0.2) is 24.9 Å². The zero-order valence-electron chi connectivity index (χ0n) is 9.57. The van der Waals surface area contributed by atoms with Crippen molar-refractivity contribution in [3.63, 3.8) is 0 Å². The molecular weight excluding hydrogens is 188 g/mol. The molecule has 0 fully saturated rings. The third-order valence-electron chi connectivity index (χ3n) is 2.06. The molecule has 1 heterocycles. The lowest BCUT2D eigenvalue weighted by Crippen LogP contribution is -2.42. The van der Waals surface area contributed by atoms with Crippen molar-refractivity contribution in [2.75, 3.05) is 17.2 Å². The van der Waals surface area contributed by atoms with Gasteiger partial charge in [-0.05, 0) is 26.8 Å². The molecule has 15 heavy (non-hydrogen) atoms. The van der Waals surface area contributed by atoms with E-state index in [-0.39, 0.29) is 5.54 Å². The summed E-state index contributed by atoms with van der Waals surface area (Å²) >= 11 is 0. The summed E-state index contributed by atoms with van der Waals surface area (Å²) in [6, 6.07) is 1.85. The van der Waals surface area contributed by atoms with Crippen LogP contribution in [0.1, 0.15) is 20.8 Å². The Balaban J connectivity index is 3.04. The Hall–Kier alpha value is -1.58. The molecule has 2 N–H and O–H groups in total. The van der Waals surface area contributed by atoms with Crippen molar-refractivity contribution in [3.05, 3.63) is 24.9 Å². The summed E-state index contributed by atoms with van der Waals surface area (Å²) < 4.78 is 0. The van der Waals surface area contributed by atoms with E-state index in [1.165, 1.54) is 0 Å². The Labute approximate surface area is 90.8 Å². The van der Waals surface area contributed by atoms with Crippen LogP contribution in [0, 0.1) is 0 Å². The third kappa shape index (κ3) is 2.94. The van der Waals surface area contributed by atoms with Gasteiger partial charge in [-0.3, -0.25) is 0 Å². The second kappa shape index (κ2) is 4.29. The topological polar surface area (TPSA) is 55.0 Å². The molecule has 0 aliphatic heterocycles. The molecule has 0 atom stereocenters. The molecule has 0 aliphatic carbocycles. The lowest BCUT2D eigenvalue weighted by atomic mass is 10.1. The van der Waals surface area contributed by atoms with Crippen LogP contribution in [-0.2, 0) is 0 Å². The van der Waals surface area contributed by atoms with Gasteiger partial charge in [-0.2, -0.15) is 4.98 Å². The highest BCUT2D eigenvalue weighted by atomic mass is 15.2. The van der Waals surface area contributed by atoms with E-state index in [0.29, 0.717) is 5.95 Å². The normalized spacial score (nSPS) is 11.1. The molecule has 4 nitrogen and oxygen atoms in total. The van der Waals surface area contributed by atoms with Gasteiger partial charge in [0.1, 0.15) is 5.82 Å². The van der Waals surface area contributed by atoms with Crippen molar-refractivity contribution >= 4 is 11.8 Å². The molecule has 0 aliphatic rings. The van der Waals surface area contributed by atoms with Gasteiger partial charge in [0, 0.05) is 18.3 Å². The number of rotatable bonds is 3. The Morgan fingerprint density at radius 1 is 1.53 bits per heavy atom. The highest BCUT2D eigenvalue weighted by molar-refractivity contribution is 5.44. The van der Waals surface area contributed by atoms with Gasteiger partial charge in [-0.1, -0.05) is 6.08 Å². The second-order valence-corrected chi connectivity index (χ2v) is 4.34. The maximum absolute atomic E-state index is 5.56. The molecule has 0 aromatic carbocycles. The molecule has 1 aromatic heterocycles. The minimum Gasteiger partial charge on any atom is -0.368 e. The Morgan fingerprint density at radius 3 is 2.67 bits per heavy atom. The number of aromatic nitrogens is 2. The molecule has 82 valence electrons. The number of anilines is 2. The van der Waals surface area contributed by atoms with Crippen LogP contribution in [0.5, 0.6) is 0 Å². The van der Waals surface area contributed by atoms with Gasteiger partial charge in [0.25, 0.3) is 0 Å². The molecule has 0 amide bonds. The largest absolute Gasteiger partial charge is 0.368 e. The lowest BCUT2D eigenvalue weighted by Gasteiger charge is -2.35. The molecule has 0 saturated carbocycles. The van der Waals surface area contributed by atoms with Crippen molar-refractivity contribution in [3.8, 4) is 0 Å². The van der Waals surface area contributed by atoms with Crippen LogP contribution in [0.3, 0.4) is 0 Å². The summed E-state index contributed by atoms with van der Waals surface area (Å²) in [4.78, 5) is 10.2. The van der Waals surface area contributed by atoms with Crippen molar-refractivity contribution < 1.29 is 0 Å². The number of nitrogens with zero attached hydrogens (tertiary/aromatic N) is 3. The van der Waals surface area contributed by atoms with Gasteiger partial charge < -0.3 is 10.6 Å². The fourth-order valence-corrected chi connectivity index (χ4v) is 1.35. The molecule has 0 saturated heterocycles. The van der Waals surface area contributed by atoms with Gasteiger partial charge in [0.2, 0.25) is 5.95 Å². The van der Waals surface area contributed by atoms with E-state index in [2.05, 4.69) is 42.2 Å². The first-order chi connectivity index (χ1) is 6.95. The van der Waals surface area contributed by atoms with Crippen LogP contribution < -0.4 is 10.6 Å². The van der Waals surface area contributed by atoms with E-state index in [4.69, 9.17) is 5.73 Å². The summed E-state index contributed by atoms with van der Waals surface area (Å²) in [6.07, 6.45) is 3.52. The standard InChI is InChI=1S/C11H18N4/c1-5-8-15(11(2,3)4)9-6-7-13-10(12)14-9/h5-7H,1,8H2,2-4H3,(H2,12,13,14). The zero-order chi connectivity index (χ0) is 11.5. The van der Waals surface area contributed by atoms with Gasteiger partial charge in [0.15, 0.2) is 0 Å². The maximum Gasteiger partial charge on any atom is 0.221 e. The number of nitrogen functional groups attached to an aromatic ring is 1. The SMILES string of the molecule is C=CCN(c1ccnc(N)n1)C(C)(C)C. The minimum atomic E-state index is -0.0189. The number of nitrogens with two attached hydrogens (primary N) is 1. The Morgan fingerprint density at radius 2 is 2.20 bits per heavy atom. The lowest BCUT2D eigenvalue weighted by molar-refractivity contribution is 0.517. The van der Waals surface area contributed by atoms with E-state index >= 15 is 0 Å². The van der Waals surface area contributed by atoms with Gasteiger partial charge in [-0.25, -0.2) is 4.98 Å². The molecule has 0 bridgehead atoms. The van der Waals surface area contributed by atoms with Crippen LogP contribution >= 0.6 is 0 Å². The van der Waals surface area contributed by atoms with E-state index in [1.807, 2.05) is 12.1 Å². The van der Waals surface area contributed by atoms with Crippen molar-refractivity contribution in [1.82, 2.24) is 9.97 Å². The molecule has 0 radical (unpaired) electrons. The fourth-order valence-electron chi connectivity index (χ4n) is 1.35. The summed E-state index contributed by atoms with van der Waals surface area (Å²) in [5.41, 5.74) is 5.54. The molecular formula is C11H18N4. The van der Waals surface area contributed by atoms with Crippen LogP contribution in [0.25, 0.3) is 0 Å². The first kappa shape index (κ1) is 11.5. The summed E-state index contributed by atoms with van der Waals surface area (Å²) in [6.45, 7) is 10.8. The van der Waals surface area contributed by atoms with Crippen LogP contribution in [0.4, 0.5) is 11.8 Å². The van der Waals surface area contributed by atoms with Gasteiger partial charge in [-0.15, -0.1) is 6.58 Å². The quantitative estimate of drug-likeness (QED) is 0.767. The molecule has 1 rings (SSSR count). The van der Waals surface area contributed by atoms with E-state index < -0.39 is 0 Å². The predicted molar refractivity (Wildman–Crippen MR) is 63.7 cm³/mol. The molecule has 0 spiro atoms. The summed E-state index contributed by atoms with van der Waals surface area (Å²) in [5.74, 6) is 1.13. The van der Waals surface area contributed by atoms with Gasteiger partial charge >= 0.3 is 0 Å². The van der Waals surface area contributed by atoms with Crippen LogP contribution in [-0.4, -0.2) is 22.1 Å². The van der Waals surface area contributed by atoms with E-state index in [9.17, 15) is 0 Å². The fraction of sp³-hybridized carbons (Fsp3) is 0.455. The molecule has 4 heteroatoms.